The molecule has 0 amide bonds. The minimum atomic E-state index is -0.601. The van der Waals surface area contributed by atoms with E-state index in [-0.39, 0.29) is 40.5 Å². The Morgan fingerprint density at radius 2 is 1.47 bits per heavy atom. The van der Waals surface area contributed by atoms with Crippen molar-refractivity contribution in [1.29, 1.82) is 0 Å². The van der Waals surface area contributed by atoms with Crippen molar-refractivity contribution >= 4 is 0 Å². The lowest BCUT2D eigenvalue weighted by molar-refractivity contribution is 0.130. The number of hydrogen-bond acceptors (Lipinski definition) is 8. The first-order chi connectivity index (χ1) is 14.3. The van der Waals surface area contributed by atoms with Crippen molar-refractivity contribution < 1.29 is 35.4 Å². The van der Waals surface area contributed by atoms with E-state index >= 15 is 0 Å². The third-order valence-electron chi connectivity index (χ3n) is 5.15. The lowest BCUT2D eigenvalue weighted by atomic mass is 9.91. The first kappa shape index (κ1) is 19.5. The van der Waals surface area contributed by atoms with Gasteiger partial charge in [0.2, 0.25) is 0 Å². The fourth-order valence-corrected chi connectivity index (χ4v) is 3.60. The summed E-state index contributed by atoms with van der Waals surface area (Å²) >= 11 is 0. The van der Waals surface area contributed by atoms with E-state index in [9.17, 15) is 30.6 Å². The summed E-state index contributed by atoms with van der Waals surface area (Å²) in [5, 5.41) is 62.1. The Labute approximate surface area is 171 Å². The summed E-state index contributed by atoms with van der Waals surface area (Å²) in [5.74, 6) is -0.887. The smallest absolute Gasteiger partial charge is 0.157 e. The van der Waals surface area contributed by atoms with E-state index in [0.717, 1.165) is 5.56 Å². The molecule has 3 aromatic carbocycles. The Balaban J connectivity index is 1.66. The minimum absolute atomic E-state index is 0.0916. The highest BCUT2D eigenvalue weighted by molar-refractivity contribution is 5.52. The van der Waals surface area contributed by atoms with Crippen LogP contribution in [0.3, 0.4) is 0 Å². The molecule has 0 radical (unpaired) electrons. The van der Waals surface area contributed by atoms with Gasteiger partial charge in [-0.05, 0) is 41.8 Å². The number of phenolic OH excluding ortho intramolecular Hbond substituents is 6. The molecular weight excluding hydrogens is 390 g/mol. The Hall–Kier alpha value is -3.78. The van der Waals surface area contributed by atoms with Crippen LogP contribution in [0.2, 0.25) is 0 Å². The van der Waals surface area contributed by atoms with Gasteiger partial charge in [0.15, 0.2) is 23.0 Å². The highest BCUT2D eigenvalue weighted by Gasteiger charge is 2.33. The summed E-state index contributed by atoms with van der Waals surface area (Å²) in [6.07, 6.45) is -0.242. The summed E-state index contributed by atoms with van der Waals surface area (Å²) in [5.41, 5.74) is 1.83. The Kier molecular flexibility index (Phi) is 4.93. The van der Waals surface area contributed by atoms with Crippen LogP contribution < -0.4 is 10.1 Å². The third kappa shape index (κ3) is 3.72. The van der Waals surface area contributed by atoms with Crippen molar-refractivity contribution in [3.05, 3.63) is 65.2 Å². The largest absolute Gasteiger partial charge is 0.508 e. The van der Waals surface area contributed by atoms with Crippen LogP contribution in [-0.2, 0) is 13.0 Å². The monoisotopic (exact) mass is 411 g/mol. The lowest BCUT2D eigenvalue weighted by Gasteiger charge is -2.35. The average Bonchev–Trinajstić information content (AvgIpc) is 2.70. The Morgan fingerprint density at radius 1 is 0.767 bits per heavy atom. The second-order valence-electron chi connectivity index (χ2n) is 7.24. The first-order valence-electron chi connectivity index (χ1n) is 9.29. The van der Waals surface area contributed by atoms with Gasteiger partial charge in [0.1, 0.15) is 23.4 Å². The Bertz CT molecular complexity index is 1100. The van der Waals surface area contributed by atoms with Gasteiger partial charge in [0, 0.05) is 24.2 Å². The molecule has 4 rings (SSSR count). The number of benzene rings is 3. The summed E-state index contributed by atoms with van der Waals surface area (Å²) in [6, 6.07) is 11.2. The van der Waals surface area contributed by atoms with Crippen LogP contribution in [0.15, 0.2) is 48.5 Å². The molecule has 1 aliphatic rings. The van der Waals surface area contributed by atoms with E-state index in [1.54, 1.807) is 12.1 Å². The number of ether oxygens (including phenoxy) is 1. The van der Waals surface area contributed by atoms with Gasteiger partial charge in [-0.1, -0.05) is 12.1 Å². The van der Waals surface area contributed by atoms with E-state index in [0.29, 0.717) is 29.8 Å². The summed E-state index contributed by atoms with van der Waals surface area (Å²) in [6.45, 7) is 0.330. The zero-order valence-corrected chi connectivity index (χ0v) is 15.8. The number of fused-ring (bicyclic) bond motifs is 1. The number of phenols is 6. The second-order valence-corrected chi connectivity index (χ2v) is 7.24. The van der Waals surface area contributed by atoms with Crippen LogP contribution in [0.1, 0.15) is 22.8 Å². The second kappa shape index (κ2) is 7.57. The molecule has 7 N–H and O–H groups in total. The van der Waals surface area contributed by atoms with Gasteiger partial charge in [0.25, 0.3) is 0 Å². The first-order valence-corrected chi connectivity index (χ1v) is 9.29. The van der Waals surface area contributed by atoms with E-state index < -0.39 is 6.10 Å². The summed E-state index contributed by atoms with van der Waals surface area (Å²) in [7, 11) is 0. The van der Waals surface area contributed by atoms with Gasteiger partial charge in [-0.2, -0.15) is 0 Å². The molecule has 30 heavy (non-hydrogen) atoms. The molecule has 0 spiro atoms. The number of hydrogen-bond donors (Lipinski definition) is 7. The fourth-order valence-electron chi connectivity index (χ4n) is 3.60. The zero-order valence-electron chi connectivity index (χ0n) is 15.8. The molecule has 0 bridgehead atoms. The van der Waals surface area contributed by atoms with Gasteiger partial charge in [-0.3, -0.25) is 0 Å². The predicted molar refractivity (Wildman–Crippen MR) is 107 cm³/mol. The summed E-state index contributed by atoms with van der Waals surface area (Å²) in [4.78, 5) is 0. The minimum Gasteiger partial charge on any atom is -0.508 e. The molecule has 1 heterocycles. The van der Waals surface area contributed by atoms with Crippen LogP contribution in [0.5, 0.6) is 40.2 Å². The predicted octanol–water partition coefficient (Wildman–Crippen LogP) is 2.75. The molecule has 156 valence electrons. The van der Waals surface area contributed by atoms with Crippen molar-refractivity contribution in [2.24, 2.45) is 0 Å². The molecule has 0 fully saturated rings. The van der Waals surface area contributed by atoms with Crippen molar-refractivity contribution in [2.45, 2.75) is 25.1 Å². The van der Waals surface area contributed by atoms with Crippen molar-refractivity contribution in [3.8, 4) is 40.2 Å². The molecule has 0 saturated heterocycles. The molecule has 3 aromatic rings. The maximum Gasteiger partial charge on any atom is 0.157 e. The van der Waals surface area contributed by atoms with E-state index in [1.165, 1.54) is 36.4 Å². The van der Waals surface area contributed by atoms with Crippen LogP contribution >= 0.6 is 0 Å². The van der Waals surface area contributed by atoms with Crippen molar-refractivity contribution in [1.82, 2.24) is 5.32 Å². The highest BCUT2D eigenvalue weighted by Crippen LogP contribution is 2.43. The van der Waals surface area contributed by atoms with Crippen LogP contribution in [0.4, 0.5) is 0 Å². The fraction of sp³-hybridized carbons (Fsp3) is 0.182. The van der Waals surface area contributed by atoms with E-state index in [4.69, 9.17) is 4.74 Å². The van der Waals surface area contributed by atoms with Crippen LogP contribution in [-0.4, -0.2) is 36.7 Å². The standard InChI is InChI=1S/C22H21NO7/c24-13-7-18(27)14-9-15(23-10-11-1-3-16(25)19(28)5-11)22(30-21(14)8-13)12-2-4-17(26)20(29)6-12/h1-8,15,22-29H,9-10H2/t15-,22?/m1/s1. The number of aromatic hydroxyl groups is 6. The highest BCUT2D eigenvalue weighted by atomic mass is 16.5. The van der Waals surface area contributed by atoms with Gasteiger partial charge in [-0.15, -0.1) is 0 Å². The number of rotatable bonds is 4. The normalized spacial score (nSPS) is 17.9. The zero-order chi connectivity index (χ0) is 21.4. The molecule has 0 saturated carbocycles. The molecule has 2 atom stereocenters. The summed E-state index contributed by atoms with van der Waals surface area (Å²) < 4.78 is 6.05. The molecule has 8 nitrogen and oxygen atoms in total. The molecule has 0 aromatic heterocycles. The SMILES string of the molecule is Oc1cc(O)c2c(c1)OC(c1ccc(O)c(O)c1)[C@H](NCc1ccc(O)c(O)c1)C2. The quantitative estimate of drug-likeness (QED) is 0.325. The lowest BCUT2D eigenvalue weighted by Crippen LogP contribution is -2.41. The maximum atomic E-state index is 10.2. The van der Waals surface area contributed by atoms with Gasteiger partial charge >= 0.3 is 0 Å². The molecule has 0 aliphatic carbocycles. The molecule has 1 aliphatic heterocycles. The topological polar surface area (TPSA) is 143 Å². The van der Waals surface area contributed by atoms with Gasteiger partial charge in [-0.25, -0.2) is 0 Å². The van der Waals surface area contributed by atoms with Crippen LogP contribution in [0.25, 0.3) is 0 Å². The van der Waals surface area contributed by atoms with Crippen molar-refractivity contribution in [3.63, 3.8) is 0 Å². The average molecular weight is 411 g/mol. The Morgan fingerprint density at radius 3 is 2.17 bits per heavy atom. The molecular formula is C22H21NO7. The third-order valence-corrected chi connectivity index (χ3v) is 5.15. The van der Waals surface area contributed by atoms with Gasteiger partial charge in [0.05, 0.1) is 6.04 Å². The van der Waals surface area contributed by atoms with Crippen molar-refractivity contribution in [2.75, 3.05) is 0 Å². The van der Waals surface area contributed by atoms with E-state index in [2.05, 4.69) is 5.32 Å². The molecule has 1 unspecified atom stereocenters. The maximum absolute atomic E-state index is 10.2. The van der Waals surface area contributed by atoms with E-state index in [1.807, 2.05) is 0 Å². The van der Waals surface area contributed by atoms with Gasteiger partial charge < -0.3 is 40.7 Å². The number of nitrogens with one attached hydrogen (secondary N) is 1. The molecule has 8 heteroatoms. The van der Waals surface area contributed by atoms with Crippen LogP contribution in [0, 0.1) is 0 Å².